The monoisotopic (exact) mass is 341 g/mol. The molecule has 0 aromatic heterocycles. The van der Waals surface area contributed by atoms with Crippen LogP contribution in [0.15, 0.2) is 24.3 Å². The molecule has 0 radical (unpaired) electrons. The number of anilines is 1. The summed E-state index contributed by atoms with van der Waals surface area (Å²) >= 11 is 0. The summed E-state index contributed by atoms with van der Waals surface area (Å²) in [5.74, 6) is -0.662. The van der Waals surface area contributed by atoms with Gasteiger partial charge in [0, 0.05) is 6.04 Å². The van der Waals surface area contributed by atoms with Gasteiger partial charge in [-0.25, -0.2) is 0 Å². The molecule has 2 amide bonds. The van der Waals surface area contributed by atoms with E-state index in [0.717, 1.165) is 12.8 Å². The van der Waals surface area contributed by atoms with E-state index in [1.807, 2.05) is 0 Å². The number of amides is 2. The molecule has 0 saturated heterocycles. The molecule has 1 atom stereocenters. The quantitative estimate of drug-likeness (QED) is 0.757. The molecule has 0 aliphatic heterocycles. The summed E-state index contributed by atoms with van der Waals surface area (Å²) in [4.78, 5) is 25.6. The molecule has 1 fully saturated rings. The molecule has 0 spiro atoms. The summed E-state index contributed by atoms with van der Waals surface area (Å²) in [6.45, 7) is -1.26. The third kappa shape index (κ3) is 5.45. The first-order chi connectivity index (χ1) is 11.4. The Bertz CT molecular complexity index is 594. The van der Waals surface area contributed by atoms with Crippen molar-refractivity contribution in [1.82, 2.24) is 10.2 Å². The predicted octanol–water partition coefficient (Wildman–Crippen LogP) is 1.83. The summed E-state index contributed by atoms with van der Waals surface area (Å²) in [6, 6.07) is 5.60. The summed E-state index contributed by atoms with van der Waals surface area (Å²) in [5.41, 5.74) is 0.158. The van der Waals surface area contributed by atoms with Gasteiger partial charge in [0.25, 0.3) is 0 Å². The van der Waals surface area contributed by atoms with Crippen molar-refractivity contribution >= 4 is 17.5 Å². The Hall–Kier alpha value is -2.22. The van der Waals surface area contributed by atoms with Crippen LogP contribution in [0, 0.1) is 0 Å². The summed E-state index contributed by atoms with van der Waals surface area (Å²) in [5, 5.41) is 5.40. The van der Waals surface area contributed by atoms with Crippen molar-refractivity contribution in [3.63, 3.8) is 0 Å². The fourth-order valence-electron chi connectivity index (χ4n) is 2.07. The highest BCUT2D eigenvalue weighted by atomic mass is 19.3. The van der Waals surface area contributed by atoms with Crippen molar-refractivity contribution in [2.45, 2.75) is 38.5 Å². The van der Waals surface area contributed by atoms with Gasteiger partial charge in [0.15, 0.2) is 0 Å². The van der Waals surface area contributed by atoms with Gasteiger partial charge in [-0.2, -0.15) is 8.78 Å². The van der Waals surface area contributed by atoms with Gasteiger partial charge in [0.2, 0.25) is 11.8 Å². The lowest BCUT2D eigenvalue weighted by Crippen LogP contribution is -2.45. The van der Waals surface area contributed by atoms with Gasteiger partial charge in [0.1, 0.15) is 5.75 Å². The lowest BCUT2D eigenvalue weighted by Gasteiger charge is -2.23. The number of carbonyl (C=O) groups is 2. The zero-order chi connectivity index (χ0) is 17.7. The highest BCUT2D eigenvalue weighted by Crippen LogP contribution is 2.25. The molecular formula is C16H21F2N3O3. The Morgan fingerprint density at radius 1 is 1.33 bits per heavy atom. The van der Waals surface area contributed by atoms with Gasteiger partial charge in [-0.1, -0.05) is 12.1 Å². The Morgan fingerprint density at radius 2 is 2.00 bits per heavy atom. The van der Waals surface area contributed by atoms with Gasteiger partial charge in [-0.15, -0.1) is 0 Å². The maximum absolute atomic E-state index is 12.4. The number of halogens is 2. The van der Waals surface area contributed by atoms with Crippen LogP contribution in [0.5, 0.6) is 5.75 Å². The van der Waals surface area contributed by atoms with Gasteiger partial charge in [-0.3, -0.25) is 14.5 Å². The number of nitrogens with zero attached hydrogens (tertiary/aromatic N) is 1. The van der Waals surface area contributed by atoms with Crippen molar-refractivity contribution in [2.75, 3.05) is 18.9 Å². The van der Waals surface area contributed by atoms with Crippen molar-refractivity contribution in [1.29, 1.82) is 0 Å². The topological polar surface area (TPSA) is 70.7 Å². The number of likely N-dealkylation sites (N-methyl/N-ethyl adjacent to an activating group) is 1. The SMILES string of the molecule is CC(C(=O)Nc1ccccc1OC(F)F)N(C)CC(=O)NC1CC1. The van der Waals surface area contributed by atoms with Crippen molar-refractivity contribution in [2.24, 2.45) is 0 Å². The maximum atomic E-state index is 12.4. The predicted molar refractivity (Wildman–Crippen MR) is 85.0 cm³/mol. The van der Waals surface area contributed by atoms with E-state index in [4.69, 9.17) is 0 Å². The third-order valence-electron chi connectivity index (χ3n) is 3.74. The van der Waals surface area contributed by atoms with Crippen molar-refractivity contribution < 1.29 is 23.1 Å². The Kier molecular flexibility index (Phi) is 6.08. The molecule has 1 aromatic rings. The van der Waals surface area contributed by atoms with Crippen molar-refractivity contribution in [3.8, 4) is 5.75 Å². The van der Waals surface area contributed by atoms with Gasteiger partial charge in [-0.05, 0) is 38.9 Å². The van der Waals surface area contributed by atoms with Crippen LogP contribution in [0.2, 0.25) is 0 Å². The number of hydrogen-bond acceptors (Lipinski definition) is 4. The lowest BCUT2D eigenvalue weighted by atomic mass is 10.2. The molecular weight excluding hydrogens is 320 g/mol. The summed E-state index contributed by atoms with van der Waals surface area (Å²) in [6.07, 6.45) is 1.98. The second kappa shape index (κ2) is 8.05. The fourth-order valence-corrected chi connectivity index (χ4v) is 2.07. The second-order valence-electron chi connectivity index (χ2n) is 5.80. The highest BCUT2D eigenvalue weighted by molar-refractivity contribution is 5.96. The standard InChI is InChI=1S/C16H21F2N3O3/c1-10(21(2)9-14(22)19-11-7-8-11)15(23)20-12-5-3-4-6-13(12)24-16(17)18/h3-6,10-11,16H,7-9H2,1-2H3,(H,19,22)(H,20,23). The maximum Gasteiger partial charge on any atom is 0.387 e. The van der Waals surface area contributed by atoms with Crippen LogP contribution in [0.4, 0.5) is 14.5 Å². The van der Waals surface area contributed by atoms with E-state index < -0.39 is 18.6 Å². The van der Waals surface area contributed by atoms with E-state index in [-0.39, 0.29) is 29.9 Å². The minimum absolute atomic E-state index is 0.0836. The number of benzene rings is 1. The first kappa shape index (κ1) is 18.1. The average Bonchev–Trinajstić information content (AvgIpc) is 3.31. The number of rotatable bonds is 8. The normalized spacial score (nSPS) is 15.2. The van der Waals surface area contributed by atoms with Crippen LogP contribution in [-0.2, 0) is 9.59 Å². The molecule has 2 rings (SSSR count). The molecule has 1 aliphatic carbocycles. The second-order valence-corrected chi connectivity index (χ2v) is 5.80. The Morgan fingerprint density at radius 3 is 2.62 bits per heavy atom. The summed E-state index contributed by atoms with van der Waals surface area (Å²) in [7, 11) is 1.65. The Balaban J connectivity index is 1.91. The van der Waals surface area contributed by atoms with E-state index in [0.29, 0.717) is 0 Å². The smallest absolute Gasteiger partial charge is 0.387 e. The molecule has 132 valence electrons. The van der Waals surface area contributed by atoms with Crippen LogP contribution in [-0.4, -0.2) is 49.0 Å². The Labute approximate surface area is 139 Å². The number of carbonyl (C=O) groups excluding carboxylic acids is 2. The molecule has 1 unspecified atom stereocenters. The molecule has 2 N–H and O–H groups in total. The van der Waals surface area contributed by atoms with Crippen molar-refractivity contribution in [3.05, 3.63) is 24.3 Å². The summed E-state index contributed by atoms with van der Waals surface area (Å²) < 4.78 is 29.2. The van der Waals surface area contributed by atoms with E-state index in [2.05, 4.69) is 15.4 Å². The molecule has 1 saturated carbocycles. The van der Waals surface area contributed by atoms with Crippen LogP contribution in [0.1, 0.15) is 19.8 Å². The lowest BCUT2D eigenvalue weighted by molar-refractivity contribution is -0.125. The fraction of sp³-hybridized carbons (Fsp3) is 0.500. The number of hydrogen-bond donors (Lipinski definition) is 2. The van der Waals surface area contributed by atoms with Crippen LogP contribution < -0.4 is 15.4 Å². The molecule has 0 bridgehead atoms. The molecule has 1 aromatic carbocycles. The largest absolute Gasteiger partial charge is 0.433 e. The molecule has 8 heteroatoms. The molecule has 24 heavy (non-hydrogen) atoms. The zero-order valence-electron chi connectivity index (χ0n) is 13.6. The van der Waals surface area contributed by atoms with E-state index in [1.165, 1.54) is 18.2 Å². The minimum atomic E-state index is -2.98. The third-order valence-corrected chi connectivity index (χ3v) is 3.74. The molecule has 6 nitrogen and oxygen atoms in total. The van der Waals surface area contributed by atoms with Gasteiger partial charge in [0.05, 0.1) is 18.3 Å². The number of para-hydroxylation sites is 2. The molecule has 0 heterocycles. The van der Waals surface area contributed by atoms with Crippen LogP contribution >= 0.6 is 0 Å². The minimum Gasteiger partial charge on any atom is -0.433 e. The van der Waals surface area contributed by atoms with Gasteiger partial charge < -0.3 is 15.4 Å². The van der Waals surface area contributed by atoms with Crippen LogP contribution in [0.3, 0.4) is 0 Å². The van der Waals surface area contributed by atoms with E-state index in [9.17, 15) is 18.4 Å². The van der Waals surface area contributed by atoms with Gasteiger partial charge >= 0.3 is 6.61 Å². The first-order valence-corrected chi connectivity index (χ1v) is 7.71. The zero-order valence-corrected chi connectivity index (χ0v) is 13.6. The van der Waals surface area contributed by atoms with E-state index in [1.54, 1.807) is 24.9 Å². The van der Waals surface area contributed by atoms with Crippen LogP contribution in [0.25, 0.3) is 0 Å². The first-order valence-electron chi connectivity index (χ1n) is 7.71. The average molecular weight is 341 g/mol. The van der Waals surface area contributed by atoms with E-state index >= 15 is 0 Å². The molecule has 1 aliphatic rings. The highest BCUT2D eigenvalue weighted by Gasteiger charge is 2.26. The number of alkyl halides is 2. The number of ether oxygens (including phenoxy) is 1. The number of nitrogens with one attached hydrogen (secondary N) is 2.